The minimum atomic E-state index is -3.94. The monoisotopic (exact) mass is 487 g/mol. The number of halogens is 2. The number of sulfonamides is 1. The highest BCUT2D eigenvalue weighted by atomic mass is 35.5. The van der Waals surface area contributed by atoms with Crippen LogP contribution in [0.3, 0.4) is 0 Å². The van der Waals surface area contributed by atoms with E-state index in [4.69, 9.17) is 28.3 Å². The predicted octanol–water partition coefficient (Wildman–Crippen LogP) is 4.37. The summed E-state index contributed by atoms with van der Waals surface area (Å²) in [6, 6.07) is 7.30. The second-order valence-electron chi connectivity index (χ2n) is 6.48. The molecule has 0 spiro atoms. The minimum absolute atomic E-state index is 0. The van der Waals surface area contributed by atoms with Gasteiger partial charge in [0.15, 0.2) is 16.4 Å². The van der Waals surface area contributed by atoms with Gasteiger partial charge < -0.3 is 0 Å². The Kier molecular flexibility index (Phi) is 8.95. The molecule has 0 saturated carbocycles. The van der Waals surface area contributed by atoms with Crippen LogP contribution in [-0.2, 0) is 16.4 Å². The highest BCUT2D eigenvalue weighted by Crippen LogP contribution is 2.20. The van der Waals surface area contributed by atoms with Gasteiger partial charge in [0.1, 0.15) is 5.15 Å². The van der Waals surface area contributed by atoms with E-state index >= 15 is 0 Å². The van der Waals surface area contributed by atoms with E-state index in [9.17, 15) is 8.42 Å². The van der Waals surface area contributed by atoms with Crippen LogP contribution in [0.15, 0.2) is 35.5 Å². The number of aromatic nitrogens is 6. The number of imidazole rings is 2. The summed E-state index contributed by atoms with van der Waals surface area (Å²) < 4.78 is 25.5. The van der Waals surface area contributed by atoms with Gasteiger partial charge in [-0.3, -0.25) is 0 Å². The zero-order valence-electron chi connectivity index (χ0n) is 15.9. The molecule has 0 aliphatic rings. The fraction of sp³-hybridized carbons (Fsp3) is 0.368. The molecule has 9 nitrogen and oxygen atoms in total. The second kappa shape index (κ2) is 10.4. The number of rotatable bonds is 3. The lowest BCUT2D eigenvalue weighted by Crippen LogP contribution is -2.16. The fourth-order valence-corrected chi connectivity index (χ4v) is 3.85. The van der Waals surface area contributed by atoms with Crippen molar-refractivity contribution in [3.8, 4) is 0 Å². The molecule has 0 saturated heterocycles. The van der Waals surface area contributed by atoms with Gasteiger partial charge in [0.05, 0.1) is 17.6 Å². The Morgan fingerprint density at radius 2 is 1.68 bits per heavy atom. The molecule has 4 aromatic heterocycles. The smallest absolute Gasteiger partial charge is 0.223 e. The average molecular weight is 488 g/mol. The van der Waals surface area contributed by atoms with Gasteiger partial charge in [0.2, 0.25) is 5.03 Å². The first-order chi connectivity index (χ1) is 13.6. The summed E-state index contributed by atoms with van der Waals surface area (Å²) in [6.07, 6.45) is 2.39. The second-order valence-corrected chi connectivity index (χ2v) is 8.70. The summed E-state index contributed by atoms with van der Waals surface area (Å²) in [7, 11) is -3.94. The van der Waals surface area contributed by atoms with E-state index in [0.29, 0.717) is 23.1 Å². The highest BCUT2D eigenvalue weighted by Gasteiger charge is 2.21. The SMILES string of the molecule is C.C.CC(C)c1ccc2nc(Cl)cn2n1.CCc1ccc2nc(Cl)c(S(N)(=O)=O)n2n1. The molecular formula is C19H27Cl2N7O2S. The van der Waals surface area contributed by atoms with Crippen molar-refractivity contribution in [3.05, 3.63) is 52.2 Å². The Bertz CT molecular complexity index is 1280. The van der Waals surface area contributed by atoms with Crippen molar-refractivity contribution in [2.75, 3.05) is 0 Å². The molecular weight excluding hydrogens is 461 g/mol. The lowest BCUT2D eigenvalue weighted by molar-refractivity contribution is 0.589. The molecule has 0 amide bonds. The van der Waals surface area contributed by atoms with E-state index in [1.54, 1.807) is 22.8 Å². The van der Waals surface area contributed by atoms with Gasteiger partial charge >= 0.3 is 0 Å². The van der Waals surface area contributed by atoms with Crippen LogP contribution >= 0.6 is 23.2 Å². The number of nitrogens with zero attached hydrogens (tertiary/aromatic N) is 6. The Morgan fingerprint density at radius 3 is 2.26 bits per heavy atom. The average Bonchev–Trinajstić information content (AvgIpc) is 3.17. The lowest BCUT2D eigenvalue weighted by atomic mass is 10.1. The highest BCUT2D eigenvalue weighted by molar-refractivity contribution is 7.89. The molecule has 0 aromatic carbocycles. The predicted molar refractivity (Wildman–Crippen MR) is 124 cm³/mol. The molecule has 0 atom stereocenters. The number of fused-ring (bicyclic) bond motifs is 2. The zero-order chi connectivity index (χ0) is 21.3. The number of hydrogen-bond acceptors (Lipinski definition) is 6. The largest absolute Gasteiger partial charge is 0.258 e. The van der Waals surface area contributed by atoms with Gasteiger partial charge in [0.25, 0.3) is 10.0 Å². The lowest BCUT2D eigenvalue weighted by Gasteiger charge is -2.02. The quantitative estimate of drug-likeness (QED) is 0.457. The molecule has 0 aliphatic carbocycles. The summed E-state index contributed by atoms with van der Waals surface area (Å²) >= 11 is 11.5. The molecule has 0 fully saturated rings. The van der Waals surface area contributed by atoms with Crippen molar-refractivity contribution < 1.29 is 8.42 Å². The minimum Gasteiger partial charge on any atom is -0.223 e. The van der Waals surface area contributed by atoms with Crippen LogP contribution in [0.2, 0.25) is 10.3 Å². The van der Waals surface area contributed by atoms with Crippen LogP contribution in [0.1, 0.15) is 52.9 Å². The third-order valence-corrected chi connectivity index (χ3v) is 5.45. The van der Waals surface area contributed by atoms with E-state index in [-0.39, 0.29) is 25.0 Å². The number of nitrogens with two attached hydrogens (primary N) is 1. The summed E-state index contributed by atoms with van der Waals surface area (Å²) in [6.45, 7) is 6.11. The van der Waals surface area contributed by atoms with E-state index in [1.807, 2.05) is 19.1 Å². The van der Waals surface area contributed by atoms with Gasteiger partial charge in [0, 0.05) is 0 Å². The topological polar surface area (TPSA) is 121 Å². The summed E-state index contributed by atoms with van der Waals surface area (Å²) in [5, 5.41) is 13.5. The van der Waals surface area contributed by atoms with E-state index in [2.05, 4.69) is 34.0 Å². The van der Waals surface area contributed by atoms with Crippen molar-refractivity contribution in [1.29, 1.82) is 0 Å². The fourth-order valence-electron chi connectivity index (χ4n) is 2.53. The van der Waals surface area contributed by atoms with Crippen molar-refractivity contribution in [2.45, 2.75) is 53.0 Å². The Balaban J connectivity index is 0.000000296. The van der Waals surface area contributed by atoms with E-state index in [0.717, 1.165) is 21.6 Å². The number of primary sulfonamides is 1. The summed E-state index contributed by atoms with van der Waals surface area (Å²) in [5.41, 5.74) is 2.91. The molecule has 4 aromatic rings. The number of aryl methyl sites for hydroxylation is 1. The summed E-state index contributed by atoms with van der Waals surface area (Å²) in [5.74, 6) is 0.422. The Labute approximate surface area is 192 Å². The summed E-state index contributed by atoms with van der Waals surface area (Å²) in [4.78, 5) is 7.94. The van der Waals surface area contributed by atoms with Crippen molar-refractivity contribution >= 4 is 44.5 Å². The molecule has 4 heterocycles. The third kappa shape index (κ3) is 5.91. The van der Waals surface area contributed by atoms with Crippen molar-refractivity contribution in [1.82, 2.24) is 29.2 Å². The van der Waals surface area contributed by atoms with Crippen LogP contribution in [0, 0.1) is 0 Å². The molecule has 31 heavy (non-hydrogen) atoms. The Hall–Kier alpha value is -2.27. The standard InChI is InChI=1S/C9H10ClN3.C8H9ClN4O2S.2CH4/c1-6(2)7-3-4-9-11-8(10)5-13(9)12-7;1-2-5-3-4-6-11-7(9)8(13(6)12-5)16(10,14)15;;/h3-6H,1-2H3;3-4H,2H2,1H3,(H2,10,14,15);2*1H4. The zero-order valence-corrected chi connectivity index (χ0v) is 18.2. The Morgan fingerprint density at radius 1 is 1.03 bits per heavy atom. The van der Waals surface area contributed by atoms with Gasteiger partial charge in [-0.25, -0.2) is 28.0 Å². The molecule has 0 bridgehead atoms. The molecule has 4 rings (SSSR count). The van der Waals surface area contributed by atoms with Crippen LogP contribution in [-0.4, -0.2) is 37.6 Å². The van der Waals surface area contributed by atoms with Gasteiger partial charge in [-0.05, 0) is 36.6 Å². The molecule has 170 valence electrons. The number of hydrogen-bond donors (Lipinski definition) is 1. The molecule has 12 heteroatoms. The van der Waals surface area contributed by atoms with Crippen molar-refractivity contribution in [3.63, 3.8) is 0 Å². The first-order valence-electron chi connectivity index (χ1n) is 8.69. The van der Waals surface area contributed by atoms with Gasteiger partial charge in [-0.2, -0.15) is 14.7 Å². The van der Waals surface area contributed by atoms with Crippen LogP contribution in [0.5, 0.6) is 0 Å². The first-order valence-corrected chi connectivity index (χ1v) is 11.0. The normalized spacial score (nSPS) is 11.1. The first kappa shape index (κ1) is 26.8. The van der Waals surface area contributed by atoms with Gasteiger partial charge in [-0.15, -0.1) is 0 Å². The van der Waals surface area contributed by atoms with Crippen LogP contribution in [0.4, 0.5) is 0 Å². The molecule has 2 N–H and O–H groups in total. The van der Waals surface area contributed by atoms with Gasteiger partial charge in [-0.1, -0.05) is 58.8 Å². The van der Waals surface area contributed by atoms with E-state index < -0.39 is 10.0 Å². The maximum atomic E-state index is 11.3. The van der Waals surface area contributed by atoms with Crippen LogP contribution < -0.4 is 5.14 Å². The van der Waals surface area contributed by atoms with E-state index in [1.165, 1.54) is 0 Å². The maximum absolute atomic E-state index is 11.3. The van der Waals surface area contributed by atoms with Crippen molar-refractivity contribution in [2.24, 2.45) is 5.14 Å². The maximum Gasteiger partial charge on any atom is 0.258 e. The third-order valence-electron chi connectivity index (χ3n) is 3.99. The molecule has 0 radical (unpaired) electrons. The van der Waals surface area contributed by atoms with Crippen LogP contribution in [0.25, 0.3) is 11.3 Å². The molecule has 0 unspecified atom stereocenters. The molecule has 0 aliphatic heterocycles.